The van der Waals surface area contributed by atoms with E-state index in [0.29, 0.717) is 18.8 Å². The zero-order valence-electron chi connectivity index (χ0n) is 16.5. The van der Waals surface area contributed by atoms with Crippen molar-refractivity contribution in [1.29, 1.82) is 0 Å². The highest BCUT2D eigenvalue weighted by Gasteiger charge is 2.38. The highest BCUT2D eigenvalue weighted by molar-refractivity contribution is 7.89. The molecule has 159 valence electrons. The van der Waals surface area contributed by atoms with Crippen LogP contribution in [-0.4, -0.2) is 48.1 Å². The van der Waals surface area contributed by atoms with Crippen molar-refractivity contribution in [2.75, 3.05) is 6.54 Å². The number of nitrogens with two attached hydrogens (primary N) is 1. The third-order valence-corrected chi connectivity index (χ3v) is 7.66. The summed E-state index contributed by atoms with van der Waals surface area (Å²) in [6, 6.07) is 3.45. The van der Waals surface area contributed by atoms with Gasteiger partial charge >= 0.3 is 0 Å². The second-order valence-electron chi connectivity index (χ2n) is 7.86. The maximum atomic E-state index is 13.0. The molecule has 1 aromatic rings. The van der Waals surface area contributed by atoms with E-state index in [0.717, 1.165) is 10.7 Å². The van der Waals surface area contributed by atoms with Gasteiger partial charge in [0.05, 0.1) is 0 Å². The molecule has 0 bridgehead atoms. The Bertz CT molecular complexity index is 809. The second kappa shape index (κ2) is 9.67. The summed E-state index contributed by atoms with van der Waals surface area (Å²) >= 11 is 0. The molecular weight excluding hydrogens is 392 g/mol. The summed E-state index contributed by atoms with van der Waals surface area (Å²) in [6.07, 6.45) is 9.86. The van der Waals surface area contributed by atoms with E-state index in [1.807, 2.05) is 0 Å². The van der Waals surface area contributed by atoms with Crippen LogP contribution in [0.4, 0.5) is 0 Å². The fourth-order valence-corrected chi connectivity index (χ4v) is 5.78. The van der Waals surface area contributed by atoms with Crippen LogP contribution >= 0.6 is 0 Å². The quantitative estimate of drug-likeness (QED) is 0.689. The summed E-state index contributed by atoms with van der Waals surface area (Å²) in [6.45, 7) is 0.0973. The van der Waals surface area contributed by atoms with E-state index < -0.39 is 22.0 Å². The number of primary amides is 1. The smallest absolute Gasteiger partial charge is 0.261 e. The number of carbonyl (C=O) groups excluding carboxylic acids is 2. The number of amides is 2. The van der Waals surface area contributed by atoms with Gasteiger partial charge in [0.25, 0.3) is 10.0 Å². The predicted octanol–water partition coefficient (Wildman–Crippen LogP) is 1.38. The summed E-state index contributed by atoms with van der Waals surface area (Å²) in [5.74, 6) is -0.226. The molecule has 3 N–H and O–H groups in total. The summed E-state index contributed by atoms with van der Waals surface area (Å²) in [4.78, 5) is 28.2. The number of nitrogens with zero attached hydrogens (tertiary/aromatic N) is 2. The first-order chi connectivity index (χ1) is 13.9. The highest BCUT2D eigenvalue weighted by Crippen LogP contribution is 2.28. The van der Waals surface area contributed by atoms with Gasteiger partial charge < -0.3 is 11.1 Å². The molecule has 2 fully saturated rings. The van der Waals surface area contributed by atoms with Crippen LogP contribution in [0.25, 0.3) is 0 Å². The van der Waals surface area contributed by atoms with Crippen LogP contribution in [0.1, 0.15) is 51.4 Å². The number of rotatable bonds is 7. The van der Waals surface area contributed by atoms with Gasteiger partial charge in [0.1, 0.15) is 6.04 Å². The number of aromatic nitrogens is 1. The molecule has 2 amide bonds. The van der Waals surface area contributed by atoms with E-state index in [1.54, 1.807) is 18.6 Å². The molecule has 9 heteroatoms. The van der Waals surface area contributed by atoms with Crippen LogP contribution in [0.15, 0.2) is 29.4 Å². The Hall–Kier alpha value is -2.00. The van der Waals surface area contributed by atoms with Gasteiger partial charge in [-0.1, -0.05) is 31.7 Å². The standard InChI is InChI=1S/C20H29N4O4S/c21-20(26)17-10-9-16(23-18(25)11-8-15-5-1-2-6-15)12-14-24(17)29(27,28)19-7-3-4-13-22-19/h3-4,7,11,13,15-17H,1-2,5-6,8-10,12,14H2,(H2,21,26)(H,23,25)/t16-,17+/m0/s1. The van der Waals surface area contributed by atoms with Crippen molar-refractivity contribution in [1.82, 2.24) is 14.6 Å². The van der Waals surface area contributed by atoms with Crippen molar-refractivity contribution in [3.05, 3.63) is 30.8 Å². The molecule has 29 heavy (non-hydrogen) atoms. The monoisotopic (exact) mass is 421 g/mol. The third kappa shape index (κ3) is 5.54. The van der Waals surface area contributed by atoms with Crippen molar-refractivity contribution in [3.63, 3.8) is 0 Å². The van der Waals surface area contributed by atoms with Crippen molar-refractivity contribution in [3.8, 4) is 0 Å². The lowest BCUT2D eigenvalue weighted by atomic mass is 10.0. The lowest BCUT2D eigenvalue weighted by Gasteiger charge is -2.26. The number of sulfonamides is 1. The lowest BCUT2D eigenvalue weighted by molar-refractivity contribution is -0.121. The maximum Gasteiger partial charge on any atom is 0.261 e. The summed E-state index contributed by atoms with van der Waals surface area (Å²) < 4.78 is 27.1. The van der Waals surface area contributed by atoms with Crippen LogP contribution in [0.3, 0.4) is 0 Å². The molecule has 8 nitrogen and oxygen atoms in total. The third-order valence-electron chi connectivity index (χ3n) is 5.83. The molecule has 1 saturated carbocycles. The van der Waals surface area contributed by atoms with E-state index in [1.165, 1.54) is 37.9 Å². The predicted molar refractivity (Wildman–Crippen MR) is 108 cm³/mol. The van der Waals surface area contributed by atoms with Gasteiger partial charge in [-0.2, -0.15) is 4.31 Å². The molecule has 1 aliphatic heterocycles. The summed E-state index contributed by atoms with van der Waals surface area (Å²) in [7, 11) is -3.95. The first-order valence-corrected chi connectivity index (χ1v) is 11.7. The van der Waals surface area contributed by atoms with Crippen molar-refractivity contribution < 1.29 is 18.0 Å². The lowest BCUT2D eigenvalue weighted by Crippen LogP contribution is -2.47. The average molecular weight is 422 g/mol. The molecule has 1 aliphatic carbocycles. The SMILES string of the molecule is NC(=O)[C@H]1CC[C@H](NC(=O)[CH]CC2CCCC2)CCN1S(=O)(=O)c1ccccn1. The molecule has 1 aromatic heterocycles. The van der Waals surface area contributed by atoms with Crippen LogP contribution in [-0.2, 0) is 19.6 Å². The number of hydrogen-bond acceptors (Lipinski definition) is 5. The van der Waals surface area contributed by atoms with Gasteiger partial charge in [0.15, 0.2) is 5.03 Å². The van der Waals surface area contributed by atoms with E-state index in [2.05, 4.69) is 10.3 Å². The average Bonchev–Trinajstić information content (AvgIpc) is 3.13. The Labute approximate surface area is 172 Å². The molecule has 2 aliphatic rings. The molecule has 2 atom stereocenters. The minimum atomic E-state index is -3.95. The van der Waals surface area contributed by atoms with Gasteiger partial charge in [-0.05, 0) is 43.7 Å². The summed E-state index contributed by atoms with van der Waals surface area (Å²) in [5.41, 5.74) is 5.51. The van der Waals surface area contributed by atoms with Crippen molar-refractivity contribution >= 4 is 21.8 Å². The normalized spacial score (nSPS) is 24.1. The molecule has 2 heterocycles. The first kappa shape index (κ1) is 21.7. The van der Waals surface area contributed by atoms with Gasteiger partial charge in [-0.25, -0.2) is 13.4 Å². The van der Waals surface area contributed by atoms with Crippen LogP contribution in [0.5, 0.6) is 0 Å². The van der Waals surface area contributed by atoms with Gasteiger partial charge in [-0.3, -0.25) is 9.59 Å². The van der Waals surface area contributed by atoms with Crippen LogP contribution in [0, 0.1) is 12.3 Å². The van der Waals surface area contributed by atoms with Crippen molar-refractivity contribution in [2.45, 2.75) is 68.5 Å². The Balaban J connectivity index is 1.63. The fraction of sp³-hybridized carbons (Fsp3) is 0.600. The fourth-order valence-electron chi connectivity index (χ4n) is 4.20. The van der Waals surface area contributed by atoms with Gasteiger partial charge in [0.2, 0.25) is 11.8 Å². The summed E-state index contributed by atoms with van der Waals surface area (Å²) in [5, 5.41) is 2.86. The van der Waals surface area contributed by atoms with Gasteiger partial charge in [0, 0.05) is 25.2 Å². The van der Waals surface area contributed by atoms with E-state index >= 15 is 0 Å². The maximum absolute atomic E-state index is 13.0. The zero-order chi connectivity index (χ0) is 20.9. The van der Waals surface area contributed by atoms with E-state index in [-0.39, 0.29) is 29.9 Å². The molecule has 0 spiro atoms. The van der Waals surface area contributed by atoms with E-state index in [9.17, 15) is 18.0 Å². The van der Waals surface area contributed by atoms with E-state index in [4.69, 9.17) is 5.73 Å². The van der Waals surface area contributed by atoms with Crippen molar-refractivity contribution in [2.24, 2.45) is 11.7 Å². The minimum absolute atomic E-state index is 0.0973. The number of carbonyl (C=O) groups is 2. The Morgan fingerprint density at radius 3 is 2.59 bits per heavy atom. The molecule has 0 aromatic carbocycles. The second-order valence-corrected chi connectivity index (χ2v) is 9.70. The molecule has 0 unspecified atom stereocenters. The zero-order valence-corrected chi connectivity index (χ0v) is 17.3. The highest BCUT2D eigenvalue weighted by atomic mass is 32.2. The Kier molecular flexibility index (Phi) is 7.23. The number of nitrogens with one attached hydrogen (secondary N) is 1. The molecule has 1 radical (unpaired) electrons. The number of hydrogen-bond donors (Lipinski definition) is 2. The number of pyridine rings is 1. The topological polar surface area (TPSA) is 122 Å². The van der Waals surface area contributed by atoms with Crippen LogP contribution in [0.2, 0.25) is 0 Å². The van der Waals surface area contributed by atoms with Gasteiger partial charge in [-0.15, -0.1) is 0 Å². The van der Waals surface area contributed by atoms with Crippen LogP contribution < -0.4 is 11.1 Å². The molecule has 3 rings (SSSR count). The molecule has 1 saturated heterocycles. The Morgan fingerprint density at radius 1 is 1.17 bits per heavy atom. The first-order valence-electron chi connectivity index (χ1n) is 10.2. The molecular formula is C20H29N4O4S. The largest absolute Gasteiger partial charge is 0.368 e. The minimum Gasteiger partial charge on any atom is -0.368 e. The Morgan fingerprint density at radius 2 is 1.93 bits per heavy atom.